The largest absolute Gasteiger partial charge is 0.351 e. The molecule has 1 amide bonds. The van der Waals surface area contributed by atoms with Crippen LogP contribution >= 0.6 is 0 Å². The van der Waals surface area contributed by atoms with E-state index < -0.39 is 6.04 Å². The van der Waals surface area contributed by atoms with Crippen LogP contribution in [0.2, 0.25) is 0 Å². The molecule has 0 aliphatic heterocycles. The van der Waals surface area contributed by atoms with Gasteiger partial charge in [0.2, 0.25) is 0 Å². The number of amides is 1. The van der Waals surface area contributed by atoms with Crippen molar-refractivity contribution in [3.63, 3.8) is 0 Å². The number of nitrogens with one attached hydrogen (secondary N) is 2. The van der Waals surface area contributed by atoms with Gasteiger partial charge in [-0.2, -0.15) is 0 Å². The molecular formula is C19H24N2O3. The van der Waals surface area contributed by atoms with Crippen LogP contribution < -0.4 is 5.32 Å². The maximum Gasteiger partial charge on any atom is 0.268 e. The molecule has 2 N–H and O–H groups in total. The van der Waals surface area contributed by atoms with E-state index in [1.165, 1.54) is 0 Å². The number of aromatic nitrogens is 1. The molecule has 24 heavy (non-hydrogen) atoms. The lowest BCUT2D eigenvalue weighted by molar-refractivity contribution is -0.129. The van der Waals surface area contributed by atoms with E-state index in [4.69, 9.17) is 0 Å². The third kappa shape index (κ3) is 4.10. The van der Waals surface area contributed by atoms with Crippen molar-refractivity contribution in [3.8, 4) is 0 Å². The Hall–Kier alpha value is -2.43. The van der Waals surface area contributed by atoms with Gasteiger partial charge < -0.3 is 10.3 Å². The van der Waals surface area contributed by atoms with E-state index in [1.807, 2.05) is 24.3 Å². The number of H-pyrrole nitrogens is 1. The van der Waals surface area contributed by atoms with Crippen molar-refractivity contribution >= 4 is 28.4 Å². The number of carbonyl (C=O) groups is 3. The first-order valence-corrected chi connectivity index (χ1v) is 8.24. The minimum absolute atomic E-state index is 0.0284. The fourth-order valence-electron chi connectivity index (χ4n) is 2.49. The zero-order valence-corrected chi connectivity index (χ0v) is 14.6. The Morgan fingerprint density at radius 1 is 1.04 bits per heavy atom. The van der Waals surface area contributed by atoms with E-state index in [1.54, 1.807) is 33.8 Å². The van der Waals surface area contributed by atoms with Crippen molar-refractivity contribution in [2.24, 2.45) is 11.8 Å². The van der Waals surface area contributed by atoms with Crippen molar-refractivity contribution in [1.29, 1.82) is 0 Å². The quantitative estimate of drug-likeness (QED) is 0.819. The van der Waals surface area contributed by atoms with Crippen molar-refractivity contribution in [3.05, 3.63) is 36.0 Å². The summed E-state index contributed by atoms with van der Waals surface area (Å²) < 4.78 is 0. The molecule has 0 saturated heterocycles. The van der Waals surface area contributed by atoms with Gasteiger partial charge in [0, 0.05) is 29.2 Å². The maximum absolute atomic E-state index is 12.5. The molecule has 1 atom stereocenters. The van der Waals surface area contributed by atoms with Crippen LogP contribution in [0.3, 0.4) is 0 Å². The first-order chi connectivity index (χ1) is 11.3. The third-order valence-electron chi connectivity index (χ3n) is 4.04. The summed E-state index contributed by atoms with van der Waals surface area (Å²) in [6, 6.07) is 8.51. The van der Waals surface area contributed by atoms with E-state index in [0.29, 0.717) is 5.69 Å². The topological polar surface area (TPSA) is 79.0 Å². The molecule has 1 aromatic carbocycles. The summed E-state index contributed by atoms with van der Waals surface area (Å²) >= 11 is 0. The van der Waals surface area contributed by atoms with Gasteiger partial charge in [-0.25, -0.2) is 0 Å². The lowest BCUT2D eigenvalue weighted by Crippen LogP contribution is -2.44. The Morgan fingerprint density at radius 3 is 2.29 bits per heavy atom. The second-order valence-corrected chi connectivity index (χ2v) is 6.68. The number of carbonyl (C=O) groups excluding carboxylic acids is 3. The number of ketones is 2. The highest BCUT2D eigenvalue weighted by Gasteiger charge is 2.27. The third-order valence-corrected chi connectivity index (χ3v) is 4.04. The van der Waals surface area contributed by atoms with Crippen LogP contribution in [-0.2, 0) is 9.59 Å². The molecule has 0 saturated carbocycles. The molecule has 0 bridgehead atoms. The normalized spacial score (nSPS) is 12.6. The number of hydrogen-bond acceptors (Lipinski definition) is 3. The molecule has 0 aliphatic carbocycles. The van der Waals surface area contributed by atoms with Crippen LogP contribution in [0.25, 0.3) is 10.9 Å². The summed E-state index contributed by atoms with van der Waals surface area (Å²) in [5.74, 6) is -0.961. The SMILES string of the molecule is CC(C)C(=O)CC(NC(=O)c1cc2ccccc2[nH]1)C(=O)C(C)C. The molecular weight excluding hydrogens is 304 g/mol. The second-order valence-electron chi connectivity index (χ2n) is 6.68. The highest BCUT2D eigenvalue weighted by molar-refractivity contribution is 6.01. The van der Waals surface area contributed by atoms with Crippen LogP contribution in [0, 0.1) is 11.8 Å². The Morgan fingerprint density at radius 2 is 1.71 bits per heavy atom. The number of aromatic amines is 1. The number of rotatable bonds is 7. The molecule has 5 nitrogen and oxygen atoms in total. The van der Waals surface area contributed by atoms with E-state index >= 15 is 0 Å². The summed E-state index contributed by atoms with van der Waals surface area (Å²) in [4.78, 5) is 39.9. The average molecular weight is 328 g/mol. The fraction of sp³-hybridized carbons (Fsp3) is 0.421. The van der Waals surface area contributed by atoms with Crippen LogP contribution in [0.4, 0.5) is 0 Å². The minimum Gasteiger partial charge on any atom is -0.351 e. The molecule has 0 fully saturated rings. The highest BCUT2D eigenvalue weighted by atomic mass is 16.2. The van der Waals surface area contributed by atoms with Crippen molar-refractivity contribution < 1.29 is 14.4 Å². The molecule has 1 heterocycles. The van der Waals surface area contributed by atoms with Crippen LogP contribution in [-0.4, -0.2) is 28.5 Å². The van der Waals surface area contributed by atoms with Gasteiger partial charge in [-0.1, -0.05) is 45.9 Å². The summed E-state index contributed by atoms with van der Waals surface area (Å²) in [6.45, 7) is 7.12. The van der Waals surface area contributed by atoms with Gasteiger partial charge in [0.05, 0.1) is 6.04 Å². The van der Waals surface area contributed by atoms with Crippen LogP contribution in [0.15, 0.2) is 30.3 Å². The van der Waals surface area contributed by atoms with Crippen molar-refractivity contribution in [2.75, 3.05) is 0 Å². The predicted molar refractivity (Wildman–Crippen MR) is 93.9 cm³/mol. The van der Waals surface area contributed by atoms with Gasteiger partial charge in [0.25, 0.3) is 5.91 Å². The second kappa shape index (κ2) is 7.43. The smallest absolute Gasteiger partial charge is 0.268 e. The molecule has 0 radical (unpaired) electrons. The van der Waals surface area contributed by atoms with Crippen molar-refractivity contribution in [2.45, 2.75) is 40.2 Å². The Kier molecular flexibility index (Phi) is 5.54. The van der Waals surface area contributed by atoms with Gasteiger partial charge in [0.1, 0.15) is 11.5 Å². The van der Waals surface area contributed by atoms with Gasteiger partial charge >= 0.3 is 0 Å². The zero-order chi connectivity index (χ0) is 17.9. The van der Waals surface area contributed by atoms with Gasteiger partial charge in [0.15, 0.2) is 5.78 Å². The molecule has 2 rings (SSSR count). The summed E-state index contributed by atoms with van der Waals surface area (Å²) in [7, 11) is 0. The van der Waals surface area contributed by atoms with Gasteiger partial charge in [-0.05, 0) is 12.1 Å². The number of Topliss-reactive ketones (excluding diaryl/α,β-unsaturated/α-hetero) is 2. The Bertz CT molecular complexity index is 726. The minimum atomic E-state index is -0.793. The first kappa shape index (κ1) is 17.9. The summed E-state index contributed by atoms with van der Waals surface area (Å²) in [6.07, 6.45) is 0.0284. The summed E-state index contributed by atoms with van der Waals surface area (Å²) in [5.41, 5.74) is 1.24. The lowest BCUT2D eigenvalue weighted by atomic mass is 9.94. The van der Waals surface area contributed by atoms with Gasteiger partial charge in [-0.15, -0.1) is 0 Å². The maximum atomic E-state index is 12.5. The zero-order valence-electron chi connectivity index (χ0n) is 14.6. The van der Waals surface area contributed by atoms with E-state index in [9.17, 15) is 14.4 Å². The van der Waals surface area contributed by atoms with E-state index in [0.717, 1.165) is 10.9 Å². The molecule has 2 aromatic rings. The molecule has 5 heteroatoms. The molecule has 0 aliphatic rings. The van der Waals surface area contributed by atoms with Crippen LogP contribution in [0.1, 0.15) is 44.6 Å². The van der Waals surface area contributed by atoms with Crippen molar-refractivity contribution in [1.82, 2.24) is 10.3 Å². The average Bonchev–Trinajstić information content (AvgIpc) is 2.97. The number of benzene rings is 1. The molecule has 128 valence electrons. The Balaban J connectivity index is 2.19. The van der Waals surface area contributed by atoms with E-state index in [2.05, 4.69) is 10.3 Å². The first-order valence-electron chi connectivity index (χ1n) is 8.24. The standard InChI is InChI=1S/C19H24N2O3/c1-11(2)17(22)10-15(18(23)12(3)4)21-19(24)16-9-13-7-5-6-8-14(13)20-16/h5-9,11-12,15,20H,10H2,1-4H3,(H,21,24). The summed E-state index contributed by atoms with van der Waals surface area (Å²) in [5, 5.41) is 3.64. The van der Waals surface area contributed by atoms with Gasteiger partial charge in [-0.3, -0.25) is 14.4 Å². The number of hydrogen-bond donors (Lipinski definition) is 2. The number of fused-ring (bicyclic) bond motifs is 1. The highest BCUT2D eigenvalue weighted by Crippen LogP contribution is 2.15. The fourth-order valence-corrected chi connectivity index (χ4v) is 2.49. The molecule has 1 aromatic heterocycles. The molecule has 1 unspecified atom stereocenters. The van der Waals surface area contributed by atoms with E-state index in [-0.39, 0.29) is 35.7 Å². The molecule has 0 spiro atoms. The monoisotopic (exact) mass is 328 g/mol. The number of para-hydroxylation sites is 1. The van der Waals surface area contributed by atoms with Crippen LogP contribution in [0.5, 0.6) is 0 Å². The predicted octanol–water partition coefficient (Wildman–Crippen LogP) is 3.11. The Labute approximate surface area is 141 Å². The lowest BCUT2D eigenvalue weighted by Gasteiger charge is -2.19.